The van der Waals surface area contributed by atoms with Crippen molar-refractivity contribution in [3.8, 4) is 6.07 Å². The lowest BCUT2D eigenvalue weighted by Gasteiger charge is -2.33. The summed E-state index contributed by atoms with van der Waals surface area (Å²) in [6.07, 6.45) is 0.0375. The first-order valence-electron chi connectivity index (χ1n) is 10.4. The zero-order valence-electron chi connectivity index (χ0n) is 19.7. The third kappa shape index (κ3) is 7.54. The van der Waals surface area contributed by atoms with Gasteiger partial charge in [0.2, 0.25) is 21.8 Å². The van der Waals surface area contributed by atoms with Crippen molar-refractivity contribution >= 4 is 27.8 Å². The van der Waals surface area contributed by atoms with E-state index in [0.717, 1.165) is 0 Å². The Hall–Kier alpha value is -2.97. The van der Waals surface area contributed by atoms with E-state index in [4.69, 9.17) is 0 Å². The van der Waals surface area contributed by atoms with Gasteiger partial charge in [-0.05, 0) is 29.9 Å². The van der Waals surface area contributed by atoms with Crippen LogP contribution in [0.4, 0.5) is 0 Å². The minimum atomic E-state index is -4.45. The molecule has 11 heteroatoms. The van der Waals surface area contributed by atoms with Gasteiger partial charge in [0.25, 0.3) is 0 Å². The van der Waals surface area contributed by atoms with Crippen LogP contribution in [0, 0.1) is 28.6 Å². The summed E-state index contributed by atoms with van der Waals surface area (Å²) in [6.45, 7) is 8.74. The van der Waals surface area contributed by atoms with E-state index in [2.05, 4.69) is 15.4 Å². The second-order valence-corrected chi connectivity index (χ2v) is 10.9. The van der Waals surface area contributed by atoms with Gasteiger partial charge < -0.3 is 15.7 Å². The van der Waals surface area contributed by atoms with Gasteiger partial charge in [-0.15, -0.1) is 0 Å². The van der Waals surface area contributed by atoms with Crippen LogP contribution in [0.15, 0.2) is 29.2 Å². The molecule has 0 aromatic heterocycles. The van der Waals surface area contributed by atoms with Crippen LogP contribution in [0.3, 0.4) is 0 Å². The number of nitriles is 1. The lowest BCUT2D eigenvalue weighted by molar-refractivity contribution is -0.144. The van der Waals surface area contributed by atoms with Crippen molar-refractivity contribution in [3.63, 3.8) is 0 Å². The molecule has 0 fully saturated rings. The fourth-order valence-corrected chi connectivity index (χ4v) is 4.69. The van der Waals surface area contributed by atoms with Gasteiger partial charge in [-0.1, -0.05) is 46.8 Å². The van der Waals surface area contributed by atoms with E-state index in [1.807, 2.05) is 0 Å². The van der Waals surface area contributed by atoms with Crippen molar-refractivity contribution in [2.75, 3.05) is 7.05 Å². The number of nitrogens with zero attached hydrogens (tertiary/aromatic N) is 1. The van der Waals surface area contributed by atoms with Crippen LogP contribution in [0.1, 0.15) is 46.6 Å². The van der Waals surface area contributed by atoms with E-state index in [-0.39, 0.29) is 22.8 Å². The fraction of sp³-hybridized carbons (Fsp3) is 0.545. The first kappa shape index (κ1) is 28.1. The Morgan fingerprint density at radius 3 is 2.15 bits per heavy atom. The third-order valence-corrected chi connectivity index (χ3v) is 6.47. The van der Waals surface area contributed by atoms with Crippen molar-refractivity contribution in [2.45, 2.75) is 58.0 Å². The quantitative estimate of drug-likeness (QED) is 0.391. The summed E-state index contributed by atoms with van der Waals surface area (Å²) in [7, 11) is -3.04. The largest absolute Gasteiger partial charge is 0.480 e. The zero-order chi connectivity index (χ0) is 25.6. The number of sulfonamides is 1. The van der Waals surface area contributed by atoms with Crippen LogP contribution in [0.25, 0.3) is 0 Å². The van der Waals surface area contributed by atoms with E-state index >= 15 is 0 Å². The second kappa shape index (κ2) is 11.2. The van der Waals surface area contributed by atoms with Crippen LogP contribution in [0.5, 0.6) is 0 Å². The predicted octanol–water partition coefficient (Wildman–Crippen LogP) is 1.23. The number of amides is 2. The Morgan fingerprint density at radius 1 is 1.12 bits per heavy atom. The molecule has 0 aliphatic heterocycles. The van der Waals surface area contributed by atoms with Gasteiger partial charge >= 0.3 is 5.97 Å². The first-order valence-corrected chi connectivity index (χ1v) is 11.9. The maximum absolute atomic E-state index is 13.2. The Kier molecular flexibility index (Phi) is 9.57. The molecule has 182 valence electrons. The van der Waals surface area contributed by atoms with Gasteiger partial charge in [0.15, 0.2) is 0 Å². The normalized spacial score (nSPS) is 14.6. The van der Waals surface area contributed by atoms with E-state index in [0.29, 0.717) is 0 Å². The maximum atomic E-state index is 13.2. The molecule has 0 saturated carbocycles. The van der Waals surface area contributed by atoms with Crippen LogP contribution < -0.4 is 15.4 Å². The number of aliphatic carboxylic acids is 1. The molecular formula is C22H32N4O6S. The lowest BCUT2D eigenvalue weighted by Crippen LogP contribution is -2.58. The number of hydrogen-bond donors (Lipinski definition) is 4. The number of carbonyl (C=O) groups is 3. The number of benzene rings is 1. The molecule has 1 rings (SSSR count). The number of nitrogens with one attached hydrogen (secondary N) is 3. The molecule has 1 aromatic carbocycles. The lowest BCUT2D eigenvalue weighted by atomic mass is 9.84. The van der Waals surface area contributed by atoms with E-state index in [1.165, 1.54) is 31.3 Å². The number of likely N-dealkylation sites (N-methyl/N-ethyl adjacent to an activating group) is 1. The third-order valence-electron chi connectivity index (χ3n) is 4.97. The summed E-state index contributed by atoms with van der Waals surface area (Å²) in [5.74, 6) is -4.26. The fourth-order valence-electron chi connectivity index (χ4n) is 3.30. The number of carboxylic acid groups (broad SMARTS) is 1. The number of carboxylic acids is 1. The van der Waals surface area contributed by atoms with E-state index in [1.54, 1.807) is 40.7 Å². The second-order valence-electron chi connectivity index (χ2n) is 9.20. The van der Waals surface area contributed by atoms with Crippen LogP contribution >= 0.6 is 0 Å². The van der Waals surface area contributed by atoms with Gasteiger partial charge in [0.05, 0.1) is 16.4 Å². The highest BCUT2D eigenvalue weighted by Gasteiger charge is 2.41. The van der Waals surface area contributed by atoms with Crippen LogP contribution in [0.2, 0.25) is 0 Å². The number of carbonyl (C=O) groups excluding carboxylic acids is 2. The molecule has 2 amide bonds. The molecule has 0 aliphatic carbocycles. The van der Waals surface area contributed by atoms with Gasteiger partial charge in [0.1, 0.15) is 18.2 Å². The number of rotatable bonds is 10. The molecule has 3 atom stereocenters. The van der Waals surface area contributed by atoms with Crippen molar-refractivity contribution in [2.24, 2.45) is 17.3 Å². The molecule has 0 spiro atoms. The molecule has 33 heavy (non-hydrogen) atoms. The van der Waals surface area contributed by atoms with E-state index < -0.39 is 51.2 Å². The molecule has 4 N–H and O–H groups in total. The Balaban J connectivity index is 3.41. The summed E-state index contributed by atoms with van der Waals surface area (Å²) in [5.41, 5.74) is -0.853. The molecule has 10 nitrogen and oxygen atoms in total. The molecular weight excluding hydrogens is 448 g/mol. The van der Waals surface area contributed by atoms with Crippen LogP contribution in [-0.2, 0) is 24.4 Å². The van der Waals surface area contributed by atoms with Crippen molar-refractivity contribution < 1.29 is 27.9 Å². The van der Waals surface area contributed by atoms with Gasteiger partial charge in [-0.3, -0.25) is 14.4 Å². The molecule has 0 bridgehead atoms. The minimum absolute atomic E-state index is 0.0375. The Labute approximate surface area is 194 Å². The number of hydrogen-bond acceptors (Lipinski definition) is 6. The predicted molar refractivity (Wildman–Crippen MR) is 121 cm³/mol. The molecule has 0 radical (unpaired) electrons. The molecule has 0 heterocycles. The standard InChI is InChI=1S/C22H32N4O6S/c1-13(2)11-15(19(27)25-18(20(28)24-6)22(3,4)5)17(21(29)30)26-33(31,32)16-10-8-7-9-14(16)12-23/h7-10,13,15,17-18,26H,11H2,1-6H3,(H,24,28)(H,25,27)(H,29,30)/t15-,17+,18-/m1/s1. The van der Waals surface area contributed by atoms with Crippen molar-refractivity contribution in [3.05, 3.63) is 29.8 Å². The van der Waals surface area contributed by atoms with E-state index in [9.17, 15) is 33.2 Å². The summed E-state index contributed by atoms with van der Waals surface area (Å²) in [4.78, 5) is 37.3. The molecule has 0 saturated heterocycles. The summed E-state index contributed by atoms with van der Waals surface area (Å²) >= 11 is 0. The average molecular weight is 481 g/mol. The molecule has 0 unspecified atom stereocenters. The monoisotopic (exact) mass is 480 g/mol. The first-order chi connectivity index (χ1) is 15.2. The minimum Gasteiger partial charge on any atom is -0.480 e. The highest BCUT2D eigenvalue weighted by Crippen LogP contribution is 2.24. The smallest absolute Gasteiger partial charge is 0.322 e. The zero-order valence-corrected chi connectivity index (χ0v) is 20.5. The average Bonchev–Trinajstić information content (AvgIpc) is 2.72. The maximum Gasteiger partial charge on any atom is 0.322 e. The Bertz CT molecular complexity index is 1020. The van der Waals surface area contributed by atoms with Gasteiger partial charge in [0, 0.05) is 7.05 Å². The van der Waals surface area contributed by atoms with Crippen molar-refractivity contribution in [1.29, 1.82) is 5.26 Å². The molecule has 1 aromatic rings. The van der Waals surface area contributed by atoms with Gasteiger partial charge in [-0.25, -0.2) is 8.42 Å². The SMILES string of the molecule is CNC(=O)[C@@H](NC(=O)[C@H](CC(C)C)[C@H](NS(=O)(=O)c1ccccc1C#N)C(=O)O)C(C)(C)C. The Morgan fingerprint density at radius 2 is 1.70 bits per heavy atom. The summed E-state index contributed by atoms with van der Waals surface area (Å²) < 4.78 is 28.0. The van der Waals surface area contributed by atoms with Crippen LogP contribution in [-0.4, -0.2) is 50.4 Å². The topological polar surface area (TPSA) is 165 Å². The van der Waals surface area contributed by atoms with Gasteiger partial charge in [-0.2, -0.15) is 9.98 Å². The summed E-state index contributed by atoms with van der Waals surface area (Å²) in [5, 5.41) is 24.1. The highest BCUT2D eigenvalue weighted by molar-refractivity contribution is 7.89. The summed E-state index contributed by atoms with van der Waals surface area (Å²) in [6, 6.07) is 4.31. The highest BCUT2D eigenvalue weighted by atomic mass is 32.2. The van der Waals surface area contributed by atoms with Crippen molar-refractivity contribution in [1.82, 2.24) is 15.4 Å². The molecule has 0 aliphatic rings.